The maximum absolute atomic E-state index is 2.35. The molecular weight excluding hydrogens is 500 g/mol. The maximum Gasteiger partial charge on any atom is 0.0207 e. The number of rotatable bonds is 3. The van der Waals surface area contributed by atoms with Crippen LogP contribution in [0.1, 0.15) is 25.3 Å². The Morgan fingerprint density at radius 1 is 0.425 bits per heavy atom. The van der Waals surface area contributed by atoms with E-state index in [2.05, 4.69) is 141 Å². The van der Waals surface area contributed by atoms with E-state index >= 15 is 0 Å². The van der Waals surface area contributed by atoms with Gasteiger partial charge in [-0.2, -0.15) is 0 Å². The Bertz CT molecular complexity index is 2040. The second kappa shape index (κ2) is 9.11. The van der Waals surface area contributed by atoms with Crippen LogP contribution < -0.4 is 0 Å². The Labute approximate surface area is 239 Å². The van der Waals surface area contributed by atoms with Crippen LogP contribution in [0.4, 0.5) is 0 Å². The minimum absolute atomic E-state index is 0.517. The Hall–Kier alpha value is -4.33. The van der Waals surface area contributed by atoms with Gasteiger partial charge in [0.1, 0.15) is 0 Å². The van der Waals surface area contributed by atoms with Gasteiger partial charge in [-0.1, -0.05) is 141 Å². The van der Waals surface area contributed by atoms with E-state index in [0.717, 1.165) is 0 Å². The van der Waals surface area contributed by atoms with Crippen molar-refractivity contribution in [2.75, 3.05) is 0 Å². The third-order valence-electron chi connectivity index (χ3n) is 8.47. The standard InChI is InChI=1S/C39H28S/c1-24(2)25-18-20-26(21-19-25)37-29-11-3-5-13-31(29)38(32-14-6-4-12-30(32)37)34-22-23-36-39-28(15-9-16-33(34)39)27-10-7-8-17-35(27)40-36/h3-24H,1-2H3. The molecule has 0 aromatic heterocycles. The number of fused-ring (bicyclic) bond motifs is 4. The van der Waals surface area contributed by atoms with Crippen LogP contribution in [0, 0.1) is 0 Å². The van der Waals surface area contributed by atoms with Crippen LogP contribution in [0.5, 0.6) is 0 Å². The summed E-state index contributed by atoms with van der Waals surface area (Å²) in [6.07, 6.45) is 0. The first-order valence-electron chi connectivity index (χ1n) is 14.1. The summed E-state index contributed by atoms with van der Waals surface area (Å²) in [4.78, 5) is 2.67. The van der Waals surface area contributed by atoms with Gasteiger partial charge < -0.3 is 0 Å². The normalized spacial score (nSPS) is 12.4. The van der Waals surface area contributed by atoms with Gasteiger partial charge in [0, 0.05) is 15.2 Å². The van der Waals surface area contributed by atoms with Gasteiger partial charge in [0.2, 0.25) is 0 Å². The Balaban J connectivity index is 1.47. The molecule has 0 radical (unpaired) electrons. The van der Waals surface area contributed by atoms with Crippen molar-refractivity contribution in [2.45, 2.75) is 29.6 Å². The van der Waals surface area contributed by atoms with Gasteiger partial charge in [-0.3, -0.25) is 0 Å². The largest absolute Gasteiger partial charge is 0.0888 e. The lowest BCUT2D eigenvalue weighted by atomic mass is 9.84. The minimum atomic E-state index is 0.517. The molecule has 1 heterocycles. The fraction of sp³-hybridized carbons (Fsp3) is 0.0769. The number of benzene rings is 7. The second-order valence-electron chi connectivity index (χ2n) is 11.1. The topological polar surface area (TPSA) is 0 Å². The van der Waals surface area contributed by atoms with E-state index in [0.29, 0.717) is 5.92 Å². The molecule has 0 unspecified atom stereocenters. The molecule has 40 heavy (non-hydrogen) atoms. The zero-order chi connectivity index (χ0) is 26.8. The maximum atomic E-state index is 2.35. The predicted molar refractivity (Wildman–Crippen MR) is 173 cm³/mol. The summed E-state index contributed by atoms with van der Waals surface area (Å²) >= 11 is 1.89. The van der Waals surface area contributed by atoms with Crippen LogP contribution in [0.3, 0.4) is 0 Å². The van der Waals surface area contributed by atoms with Gasteiger partial charge in [0.25, 0.3) is 0 Å². The van der Waals surface area contributed by atoms with Gasteiger partial charge >= 0.3 is 0 Å². The summed E-state index contributed by atoms with van der Waals surface area (Å²) in [5.74, 6) is 0.517. The molecule has 0 nitrogen and oxygen atoms in total. The SMILES string of the molecule is CC(C)c1ccc(-c2c3ccccc3c(-c3ccc4c5c(cccc35)-c3ccccc3S4)c3ccccc23)cc1. The molecule has 0 N–H and O–H groups in total. The van der Waals surface area contributed by atoms with Crippen molar-refractivity contribution in [3.05, 3.63) is 133 Å². The second-order valence-corrected chi connectivity index (χ2v) is 12.1. The summed E-state index contributed by atoms with van der Waals surface area (Å²) in [6, 6.07) is 47.4. The van der Waals surface area contributed by atoms with Gasteiger partial charge in [0.05, 0.1) is 0 Å². The van der Waals surface area contributed by atoms with E-state index < -0.39 is 0 Å². The highest BCUT2D eigenvalue weighted by molar-refractivity contribution is 7.99. The molecule has 0 amide bonds. The van der Waals surface area contributed by atoms with E-state index in [-0.39, 0.29) is 0 Å². The highest BCUT2D eigenvalue weighted by Gasteiger charge is 2.23. The van der Waals surface area contributed by atoms with Crippen LogP contribution in [0.2, 0.25) is 0 Å². The fourth-order valence-corrected chi connectivity index (χ4v) is 7.69. The Kier molecular flexibility index (Phi) is 5.37. The molecular formula is C39H28S. The van der Waals surface area contributed by atoms with Gasteiger partial charge in [-0.25, -0.2) is 0 Å². The molecule has 0 bridgehead atoms. The molecule has 0 aliphatic carbocycles. The Morgan fingerprint density at radius 2 is 1.00 bits per heavy atom. The van der Waals surface area contributed by atoms with E-state index in [1.165, 1.54) is 81.1 Å². The molecule has 1 aliphatic rings. The van der Waals surface area contributed by atoms with Crippen LogP contribution in [0.15, 0.2) is 137 Å². The first kappa shape index (κ1) is 23.5. The molecule has 7 aromatic rings. The van der Waals surface area contributed by atoms with E-state index in [9.17, 15) is 0 Å². The molecule has 7 aromatic carbocycles. The first-order valence-corrected chi connectivity index (χ1v) is 14.9. The number of hydrogen-bond donors (Lipinski definition) is 0. The van der Waals surface area contributed by atoms with Crippen LogP contribution in [0.25, 0.3) is 65.7 Å². The lowest BCUT2D eigenvalue weighted by Crippen LogP contribution is -1.95. The summed E-state index contributed by atoms with van der Waals surface area (Å²) in [5, 5.41) is 7.89. The zero-order valence-corrected chi connectivity index (χ0v) is 23.4. The van der Waals surface area contributed by atoms with Crippen LogP contribution >= 0.6 is 11.8 Å². The van der Waals surface area contributed by atoms with E-state index in [1.54, 1.807) is 0 Å². The van der Waals surface area contributed by atoms with Crippen molar-refractivity contribution in [1.82, 2.24) is 0 Å². The molecule has 8 rings (SSSR count). The van der Waals surface area contributed by atoms with Crippen molar-refractivity contribution < 1.29 is 0 Å². The monoisotopic (exact) mass is 528 g/mol. The number of hydrogen-bond acceptors (Lipinski definition) is 1. The molecule has 0 spiro atoms. The molecule has 1 aliphatic heterocycles. The third kappa shape index (κ3) is 3.48. The summed E-state index contributed by atoms with van der Waals surface area (Å²) in [7, 11) is 0. The average Bonchev–Trinajstić information content (AvgIpc) is 3.00. The molecule has 0 saturated heterocycles. The Morgan fingerprint density at radius 3 is 1.68 bits per heavy atom. The fourth-order valence-electron chi connectivity index (χ4n) is 6.56. The van der Waals surface area contributed by atoms with Crippen molar-refractivity contribution in [1.29, 1.82) is 0 Å². The van der Waals surface area contributed by atoms with Crippen molar-refractivity contribution in [3.8, 4) is 33.4 Å². The molecule has 0 saturated carbocycles. The van der Waals surface area contributed by atoms with Crippen molar-refractivity contribution in [2.24, 2.45) is 0 Å². The summed E-state index contributed by atoms with van der Waals surface area (Å²) in [6.45, 7) is 4.51. The van der Waals surface area contributed by atoms with Crippen LogP contribution in [-0.4, -0.2) is 0 Å². The highest BCUT2D eigenvalue weighted by atomic mass is 32.2. The highest BCUT2D eigenvalue weighted by Crippen LogP contribution is 2.51. The molecule has 1 heteroatoms. The van der Waals surface area contributed by atoms with Gasteiger partial charge in [-0.15, -0.1) is 0 Å². The van der Waals surface area contributed by atoms with E-state index in [1.807, 2.05) is 11.8 Å². The van der Waals surface area contributed by atoms with Gasteiger partial charge in [-0.05, 0) is 83.9 Å². The average molecular weight is 529 g/mol. The van der Waals surface area contributed by atoms with E-state index in [4.69, 9.17) is 0 Å². The van der Waals surface area contributed by atoms with Gasteiger partial charge in [0.15, 0.2) is 0 Å². The lowest BCUT2D eigenvalue weighted by Gasteiger charge is -2.23. The molecule has 0 fully saturated rings. The first-order chi connectivity index (χ1) is 19.7. The molecule has 190 valence electrons. The summed E-state index contributed by atoms with van der Waals surface area (Å²) in [5.41, 5.74) is 9.25. The third-order valence-corrected chi connectivity index (χ3v) is 9.60. The predicted octanol–water partition coefficient (Wildman–Crippen LogP) is 11.7. The smallest absolute Gasteiger partial charge is 0.0207 e. The van der Waals surface area contributed by atoms with Crippen LogP contribution in [-0.2, 0) is 0 Å². The molecule has 0 atom stereocenters. The van der Waals surface area contributed by atoms with Crippen molar-refractivity contribution >= 4 is 44.1 Å². The quantitative estimate of drug-likeness (QED) is 0.205. The van der Waals surface area contributed by atoms with Crippen molar-refractivity contribution in [3.63, 3.8) is 0 Å². The zero-order valence-electron chi connectivity index (χ0n) is 22.6. The lowest BCUT2D eigenvalue weighted by molar-refractivity contribution is 0.867. The summed E-state index contributed by atoms with van der Waals surface area (Å²) < 4.78 is 0. The minimum Gasteiger partial charge on any atom is -0.0888 e.